The topological polar surface area (TPSA) is 96.0 Å². The maximum Gasteiger partial charge on any atom is 0.244 e. The van der Waals surface area contributed by atoms with Crippen LogP contribution >= 0.6 is 22.6 Å². The van der Waals surface area contributed by atoms with Gasteiger partial charge in [-0.1, -0.05) is 49.4 Å². The Hall–Kier alpha value is -3.12. The Bertz CT molecular complexity index is 1350. The minimum absolute atomic E-state index is 0.0946. The molecule has 208 valence electrons. The largest absolute Gasteiger partial charge is 0.497 e. The highest BCUT2D eigenvalue weighted by Gasteiger charge is 2.33. The van der Waals surface area contributed by atoms with E-state index in [-0.39, 0.29) is 18.9 Å². The Morgan fingerprint density at radius 3 is 2.26 bits per heavy atom. The molecular formula is C29H34IN3O5S. The van der Waals surface area contributed by atoms with Crippen LogP contribution in [0.25, 0.3) is 0 Å². The van der Waals surface area contributed by atoms with Gasteiger partial charge < -0.3 is 15.0 Å². The highest BCUT2D eigenvalue weighted by Crippen LogP contribution is 2.22. The van der Waals surface area contributed by atoms with Crippen LogP contribution < -0.4 is 14.4 Å². The van der Waals surface area contributed by atoms with E-state index in [9.17, 15) is 18.0 Å². The van der Waals surface area contributed by atoms with Crippen molar-refractivity contribution in [3.05, 3.63) is 93.6 Å². The zero-order valence-corrected chi connectivity index (χ0v) is 25.3. The third-order valence-electron chi connectivity index (χ3n) is 6.10. The van der Waals surface area contributed by atoms with E-state index in [0.717, 1.165) is 31.7 Å². The van der Waals surface area contributed by atoms with Gasteiger partial charge in [0.25, 0.3) is 0 Å². The first kappa shape index (κ1) is 30.4. The van der Waals surface area contributed by atoms with Crippen LogP contribution in [-0.2, 0) is 32.6 Å². The fourth-order valence-electron chi connectivity index (χ4n) is 4.11. The molecule has 0 radical (unpaired) electrons. The summed E-state index contributed by atoms with van der Waals surface area (Å²) in [6.45, 7) is 2.06. The van der Waals surface area contributed by atoms with Crippen molar-refractivity contribution in [3.8, 4) is 5.75 Å². The molecule has 39 heavy (non-hydrogen) atoms. The lowest BCUT2D eigenvalue weighted by Crippen LogP contribution is -2.53. The Labute approximate surface area is 244 Å². The number of nitrogens with one attached hydrogen (secondary N) is 1. The van der Waals surface area contributed by atoms with Gasteiger partial charge in [-0.2, -0.15) is 0 Å². The first-order chi connectivity index (χ1) is 18.6. The van der Waals surface area contributed by atoms with E-state index in [1.165, 1.54) is 4.90 Å². The van der Waals surface area contributed by atoms with Crippen molar-refractivity contribution < 1.29 is 22.7 Å². The summed E-state index contributed by atoms with van der Waals surface area (Å²) >= 11 is 2.13. The lowest BCUT2D eigenvalue weighted by molar-refractivity contribution is -0.140. The highest BCUT2D eigenvalue weighted by molar-refractivity contribution is 14.1. The molecule has 0 aliphatic carbocycles. The molecule has 0 fully saturated rings. The Morgan fingerprint density at radius 2 is 1.64 bits per heavy atom. The van der Waals surface area contributed by atoms with E-state index < -0.39 is 28.5 Å². The van der Waals surface area contributed by atoms with Crippen molar-refractivity contribution in [1.29, 1.82) is 0 Å². The molecule has 2 amide bonds. The summed E-state index contributed by atoms with van der Waals surface area (Å²) in [6, 6.07) is 22.8. The van der Waals surface area contributed by atoms with Crippen LogP contribution in [0.1, 0.15) is 24.5 Å². The molecule has 8 nitrogen and oxygen atoms in total. The van der Waals surface area contributed by atoms with E-state index in [1.54, 1.807) is 43.5 Å². The number of nitrogens with zero attached hydrogens (tertiary/aromatic N) is 2. The SMILES string of the molecule is CCCNC(=O)C(Cc1ccccc1)N(Cc1cccc(OC)c1)C(=O)CN(c1ccc(I)cc1)S(C)(=O)=O. The molecule has 0 aromatic heterocycles. The first-order valence-corrected chi connectivity index (χ1v) is 15.5. The molecule has 3 aromatic carbocycles. The second-order valence-electron chi connectivity index (χ2n) is 9.12. The molecule has 0 aliphatic rings. The van der Waals surface area contributed by atoms with Crippen molar-refractivity contribution in [2.45, 2.75) is 32.4 Å². The third kappa shape index (κ3) is 8.96. The first-order valence-electron chi connectivity index (χ1n) is 12.6. The number of amides is 2. The summed E-state index contributed by atoms with van der Waals surface area (Å²) in [7, 11) is -2.24. The second-order valence-corrected chi connectivity index (χ2v) is 12.3. The van der Waals surface area contributed by atoms with Crippen molar-refractivity contribution >= 4 is 50.1 Å². The van der Waals surface area contributed by atoms with Crippen molar-refractivity contribution in [2.24, 2.45) is 0 Å². The number of halogens is 1. The Balaban J connectivity index is 2.04. The number of methoxy groups -OCH3 is 1. The number of ether oxygens (including phenoxy) is 1. The van der Waals surface area contributed by atoms with Crippen molar-refractivity contribution in [3.63, 3.8) is 0 Å². The zero-order valence-electron chi connectivity index (χ0n) is 22.3. The predicted molar refractivity (Wildman–Crippen MR) is 162 cm³/mol. The van der Waals surface area contributed by atoms with Crippen LogP contribution in [-0.4, -0.2) is 57.6 Å². The van der Waals surface area contributed by atoms with Gasteiger partial charge in [-0.05, 0) is 76.5 Å². The molecule has 1 unspecified atom stereocenters. The summed E-state index contributed by atoms with van der Waals surface area (Å²) in [5.74, 6) is -0.168. The molecule has 0 spiro atoms. The summed E-state index contributed by atoms with van der Waals surface area (Å²) in [5.41, 5.74) is 2.02. The van der Waals surface area contributed by atoms with Crippen LogP contribution in [0.2, 0.25) is 0 Å². The van der Waals surface area contributed by atoms with E-state index >= 15 is 0 Å². The lowest BCUT2D eigenvalue weighted by atomic mass is 10.0. The maximum absolute atomic E-state index is 14.0. The van der Waals surface area contributed by atoms with E-state index in [2.05, 4.69) is 27.9 Å². The fraction of sp³-hybridized carbons (Fsp3) is 0.310. The number of hydrogen-bond donors (Lipinski definition) is 1. The molecule has 1 atom stereocenters. The van der Waals surface area contributed by atoms with Gasteiger partial charge in [0.15, 0.2) is 0 Å². The molecule has 0 saturated heterocycles. The number of hydrogen-bond acceptors (Lipinski definition) is 5. The molecule has 0 heterocycles. The molecule has 1 N–H and O–H groups in total. The summed E-state index contributed by atoms with van der Waals surface area (Å²) in [6.07, 6.45) is 2.08. The molecule has 0 aliphatic heterocycles. The zero-order chi connectivity index (χ0) is 28.4. The number of sulfonamides is 1. The van der Waals surface area contributed by atoms with E-state index in [1.807, 2.05) is 49.4 Å². The summed E-state index contributed by atoms with van der Waals surface area (Å²) in [5, 5.41) is 2.93. The normalized spacial score (nSPS) is 11.9. The number of anilines is 1. The van der Waals surface area contributed by atoms with Gasteiger partial charge in [-0.25, -0.2) is 8.42 Å². The number of carbonyl (C=O) groups excluding carboxylic acids is 2. The maximum atomic E-state index is 14.0. The number of rotatable bonds is 13. The summed E-state index contributed by atoms with van der Waals surface area (Å²) < 4.78 is 33.0. The van der Waals surface area contributed by atoms with E-state index in [0.29, 0.717) is 18.0 Å². The Kier molecular flexibility index (Phi) is 11.2. The smallest absolute Gasteiger partial charge is 0.244 e. The number of carbonyl (C=O) groups is 2. The number of benzene rings is 3. The van der Waals surface area contributed by atoms with Crippen LogP contribution in [0.4, 0.5) is 5.69 Å². The van der Waals surface area contributed by atoms with Crippen molar-refractivity contribution in [1.82, 2.24) is 10.2 Å². The van der Waals surface area contributed by atoms with Gasteiger partial charge in [0.05, 0.1) is 19.1 Å². The van der Waals surface area contributed by atoms with Crippen LogP contribution in [0.15, 0.2) is 78.9 Å². The summed E-state index contributed by atoms with van der Waals surface area (Å²) in [4.78, 5) is 29.0. The predicted octanol–water partition coefficient (Wildman–Crippen LogP) is 4.23. The van der Waals surface area contributed by atoms with Gasteiger partial charge in [0, 0.05) is 23.1 Å². The average molecular weight is 664 g/mol. The van der Waals surface area contributed by atoms with Crippen molar-refractivity contribution in [2.75, 3.05) is 30.8 Å². The Morgan fingerprint density at radius 1 is 0.974 bits per heavy atom. The van der Waals surface area contributed by atoms with Gasteiger partial charge in [0.1, 0.15) is 18.3 Å². The molecular weight excluding hydrogens is 629 g/mol. The van der Waals surface area contributed by atoms with Gasteiger partial charge >= 0.3 is 0 Å². The van der Waals surface area contributed by atoms with Crippen LogP contribution in [0, 0.1) is 3.57 Å². The average Bonchev–Trinajstić information content (AvgIpc) is 2.92. The quantitative estimate of drug-likeness (QED) is 0.277. The minimum atomic E-state index is -3.80. The monoisotopic (exact) mass is 663 g/mol. The van der Waals surface area contributed by atoms with Gasteiger partial charge in [-0.15, -0.1) is 0 Å². The van der Waals surface area contributed by atoms with E-state index in [4.69, 9.17) is 4.74 Å². The fourth-order valence-corrected chi connectivity index (χ4v) is 5.32. The third-order valence-corrected chi connectivity index (χ3v) is 7.96. The molecule has 0 bridgehead atoms. The lowest BCUT2D eigenvalue weighted by Gasteiger charge is -2.33. The van der Waals surface area contributed by atoms with Crippen LogP contribution in [0.5, 0.6) is 5.75 Å². The molecule has 10 heteroatoms. The minimum Gasteiger partial charge on any atom is -0.497 e. The molecule has 3 aromatic rings. The van der Waals surface area contributed by atoms with Gasteiger partial charge in [0.2, 0.25) is 21.8 Å². The van der Waals surface area contributed by atoms with Gasteiger partial charge in [-0.3, -0.25) is 13.9 Å². The van der Waals surface area contributed by atoms with Crippen LogP contribution in [0.3, 0.4) is 0 Å². The standard InChI is InChI=1S/C29H34IN3O5S/c1-4-17-31-29(35)27(19-22-9-6-5-7-10-22)32(20-23-11-8-12-26(18-23)38-2)28(34)21-33(39(3,36)37)25-15-13-24(30)14-16-25/h5-16,18,27H,4,17,19-21H2,1-3H3,(H,31,35). The molecule has 0 saturated carbocycles. The second kappa shape index (κ2) is 14.3. The highest BCUT2D eigenvalue weighted by atomic mass is 127. The molecule has 3 rings (SSSR count).